The van der Waals surface area contributed by atoms with E-state index in [1.165, 1.54) is 4.90 Å². The normalized spacial score (nSPS) is 12.0. The minimum absolute atomic E-state index is 0.195. The van der Waals surface area contributed by atoms with E-state index in [2.05, 4.69) is 5.32 Å². The van der Waals surface area contributed by atoms with Crippen molar-refractivity contribution in [1.29, 1.82) is 0 Å². The number of benzene rings is 3. The van der Waals surface area contributed by atoms with Crippen molar-refractivity contribution in [3.8, 4) is 0 Å². The molecule has 0 saturated heterocycles. The molecule has 1 unspecified atom stereocenters. The van der Waals surface area contributed by atoms with Crippen LogP contribution >= 0.6 is 0 Å². The molecule has 3 aromatic rings. The molecule has 0 heterocycles. The van der Waals surface area contributed by atoms with Crippen molar-refractivity contribution >= 4 is 12.0 Å². The van der Waals surface area contributed by atoms with Gasteiger partial charge in [-0.1, -0.05) is 104 Å². The van der Waals surface area contributed by atoms with E-state index in [0.29, 0.717) is 13.1 Å². The number of amides is 2. The average molecular weight is 462 g/mol. The second-order valence-electron chi connectivity index (χ2n) is 7.88. The van der Waals surface area contributed by atoms with Crippen LogP contribution in [0.4, 0.5) is 4.79 Å². The number of carbonyl (C=O) groups is 2. The van der Waals surface area contributed by atoms with E-state index < -0.39 is 11.8 Å². The quantitative estimate of drug-likeness (QED) is 0.446. The fourth-order valence-corrected chi connectivity index (χ4v) is 3.90. The van der Waals surface area contributed by atoms with Gasteiger partial charge < -0.3 is 10.0 Å². The molecule has 0 aliphatic carbocycles. The van der Waals surface area contributed by atoms with Gasteiger partial charge in [-0.3, -0.25) is 15.0 Å². The van der Waals surface area contributed by atoms with E-state index in [4.69, 9.17) is 0 Å². The van der Waals surface area contributed by atoms with Crippen LogP contribution < -0.4 is 5.32 Å². The third kappa shape index (κ3) is 7.46. The van der Waals surface area contributed by atoms with Crippen molar-refractivity contribution in [3.05, 3.63) is 108 Å². The van der Waals surface area contributed by atoms with Crippen LogP contribution in [0.15, 0.2) is 97.1 Å². The monoisotopic (exact) mass is 461 g/mol. The highest BCUT2D eigenvalue weighted by atomic mass is 16.4. The van der Waals surface area contributed by atoms with Gasteiger partial charge in [-0.2, -0.15) is 0 Å². The lowest BCUT2D eigenvalue weighted by Gasteiger charge is -2.43. The number of hydrogen-bond acceptors (Lipinski definition) is 3. The highest BCUT2D eigenvalue weighted by Gasteiger charge is 2.47. The van der Waals surface area contributed by atoms with Gasteiger partial charge in [0.25, 0.3) is 5.91 Å². The molecule has 2 N–H and O–H groups in total. The molecule has 0 spiro atoms. The van der Waals surface area contributed by atoms with Crippen LogP contribution in [0.1, 0.15) is 25.0 Å². The summed E-state index contributed by atoms with van der Waals surface area (Å²) in [6.07, 6.45) is -0.874. The van der Waals surface area contributed by atoms with E-state index in [9.17, 15) is 14.7 Å². The molecule has 6 heteroatoms. The van der Waals surface area contributed by atoms with Crippen LogP contribution in [0.3, 0.4) is 0 Å². The maximum Gasteiger partial charge on any atom is 0.409 e. The standard InChI is InChI=1S/C22H29N3O3.C6H6/c1-4-23-22(25(5-2)21(27)28,16-18-12-8-6-9-13-18)20(26)24(3)17-19-14-10-7-11-15-19;1-2-4-6-5-3-1/h6-15,23H,4-5,16-17H2,1-3H3,(H,27,28);1-6H. The summed E-state index contributed by atoms with van der Waals surface area (Å²) in [5.74, 6) is -0.272. The van der Waals surface area contributed by atoms with Crippen LogP contribution in [0, 0.1) is 0 Å². The summed E-state index contributed by atoms with van der Waals surface area (Å²) in [7, 11) is 1.71. The zero-order chi connectivity index (χ0) is 24.8. The number of nitrogens with zero attached hydrogens (tertiary/aromatic N) is 2. The SMILES string of the molecule is CCNC(Cc1ccccc1)(C(=O)N(C)Cc1ccccc1)N(CC)C(=O)O.c1ccccc1. The van der Waals surface area contributed by atoms with E-state index >= 15 is 0 Å². The molecule has 3 aromatic carbocycles. The Morgan fingerprint density at radius 3 is 1.65 bits per heavy atom. The Bertz CT molecular complexity index is 957. The molecule has 0 fully saturated rings. The number of rotatable bonds is 9. The maximum absolute atomic E-state index is 13.6. The predicted molar refractivity (Wildman–Crippen MR) is 136 cm³/mol. The van der Waals surface area contributed by atoms with Gasteiger partial charge in [-0.25, -0.2) is 4.79 Å². The number of nitrogens with one attached hydrogen (secondary N) is 1. The van der Waals surface area contributed by atoms with Gasteiger partial charge in [0.2, 0.25) is 0 Å². The van der Waals surface area contributed by atoms with Crippen molar-refractivity contribution in [1.82, 2.24) is 15.1 Å². The summed E-state index contributed by atoms with van der Waals surface area (Å²) in [4.78, 5) is 28.5. The molecule has 3 rings (SSSR count). The zero-order valence-corrected chi connectivity index (χ0v) is 20.2. The lowest BCUT2D eigenvalue weighted by atomic mass is 9.95. The largest absolute Gasteiger partial charge is 0.465 e. The summed E-state index contributed by atoms with van der Waals surface area (Å²) in [6.45, 7) is 4.68. The Morgan fingerprint density at radius 2 is 1.24 bits per heavy atom. The summed E-state index contributed by atoms with van der Waals surface area (Å²) >= 11 is 0. The number of hydrogen-bond donors (Lipinski definition) is 2. The molecule has 1 atom stereocenters. The minimum atomic E-state index is -1.37. The number of carbonyl (C=O) groups excluding carboxylic acids is 1. The molecule has 0 aliphatic rings. The second-order valence-corrected chi connectivity index (χ2v) is 7.88. The lowest BCUT2D eigenvalue weighted by Crippen LogP contribution is -2.69. The zero-order valence-electron chi connectivity index (χ0n) is 20.2. The highest BCUT2D eigenvalue weighted by molar-refractivity contribution is 5.89. The predicted octanol–water partition coefficient (Wildman–Crippen LogP) is 4.88. The first-order chi connectivity index (χ1) is 16.4. The Kier molecular flexibility index (Phi) is 10.8. The molecule has 0 radical (unpaired) electrons. The molecule has 0 bridgehead atoms. The molecule has 34 heavy (non-hydrogen) atoms. The van der Waals surface area contributed by atoms with Gasteiger partial charge in [-0.05, 0) is 24.6 Å². The van der Waals surface area contributed by atoms with Crippen LogP contribution in [0.25, 0.3) is 0 Å². The molecule has 2 amide bonds. The van der Waals surface area contributed by atoms with Crippen LogP contribution in [0.5, 0.6) is 0 Å². The molecule has 0 aromatic heterocycles. The van der Waals surface area contributed by atoms with Gasteiger partial charge in [0, 0.05) is 26.6 Å². The lowest BCUT2D eigenvalue weighted by molar-refractivity contribution is -0.145. The Morgan fingerprint density at radius 1 is 0.794 bits per heavy atom. The summed E-state index contributed by atoms with van der Waals surface area (Å²) < 4.78 is 0. The molecular formula is C28H35N3O3. The third-order valence-corrected chi connectivity index (χ3v) is 5.41. The summed E-state index contributed by atoms with van der Waals surface area (Å²) in [6, 6.07) is 31.2. The Labute approximate surface area is 202 Å². The first-order valence-corrected chi connectivity index (χ1v) is 11.5. The smallest absolute Gasteiger partial charge is 0.409 e. The van der Waals surface area contributed by atoms with E-state index in [-0.39, 0.29) is 18.9 Å². The van der Waals surface area contributed by atoms with Crippen molar-refractivity contribution in [2.45, 2.75) is 32.5 Å². The van der Waals surface area contributed by atoms with Crippen LogP contribution in [0.2, 0.25) is 0 Å². The molecular weight excluding hydrogens is 426 g/mol. The average Bonchev–Trinajstić information content (AvgIpc) is 2.86. The fourth-order valence-electron chi connectivity index (χ4n) is 3.90. The third-order valence-electron chi connectivity index (χ3n) is 5.41. The number of likely N-dealkylation sites (N-methyl/N-ethyl adjacent to an activating group) is 3. The van der Waals surface area contributed by atoms with Crippen LogP contribution in [-0.4, -0.2) is 52.7 Å². The van der Waals surface area contributed by atoms with E-state index in [1.807, 2.05) is 104 Å². The molecule has 180 valence electrons. The minimum Gasteiger partial charge on any atom is -0.465 e. The highest BCUT2D eigenvalue weighted by Crippen LogP contribution is 2.23. The van der Waals surface area contributed by atoms with Gasteiger partial charge in [0.15, 0.2) is 5.66 Å². The number of carboxylic acid groups (broad SMARTS) is 1. The van der Waals surface area contributed by atoms with Gasteiger partial charge in [-0.15, -0.1) is 0 Å². The van der Waals surface area contributed by atoms with E-state index in [0.717, 1.165) is 11.1 Å². The topological polar surface area (TPSA) is 72.9 Å². The Hall–Kier alpha value is -3.64. The fraction of sp³-hybridized carbons (Fsp3) is 0.286. The van der Waals surface area contributed by atoms with Gasteiger partial charge in [0.05, 0.1) is 0 Å². The van der Waals surface area contributed by atoms with Crippen molar-refractivity contribution in [2.75, 3.05) is 20.1 Å². The van der Waals surface area contributed by atoms with Crippen molar-refractivity contribution < 1.29 is 14.7 Å². The maximum atomic E-state index is 13.6. The Balaban J connectivity index is 0.000000589. The molecule has 6 nitrogen and oxygen atoms in total. The van der Waals surface area contributed by atoms with Crippen LogP contribution in [-0.2, 0) is 17.8 Å². The molecule has 0 aliphatic heterocycles. The van der Waals surface area contributed by atoms with Gasteiger partial charge in [0.1, 0.15) is 0 Å². The first-order valence-electron chi connectivity index (χ1n) is 11.5. The van der Waals surface area contributed by atoms with Gasteiger partial charge >= 0.3 is 6.09 Å². The first kappa shape index (κ1) is 26.6. The molecule has 0 saturated carbocycles. The van der Waals surface area contributed by atoms with Crippen molar-refractivity contribution in [3.63, 3.8) is 0 Å². The summed E-state index contributed by atoms with van der Waals surface area (Å²) in [5.41, 5.74) is 0.506. The summed E-state index contributed by atoms with van der Waals surface area (Å²) in [5, 5.41) is 13.0. The second kappa shape index (κ2) is 13.8. The van der Waals surface area contributed by atoms with Crippen molar-refractivity contribution in [2.24, 2.45) is 0 Å². The van der Waals surface area contributed by atoms with E-state index in [1.54, 1.807) is 18.9 Å².